The molecule has 1 aliphatic rings. The lowest BCUT2D eigenvalue weighted by Gasteiger charge is -2.41. The lowest BCUT2D eigenvalue weighted by Crippen LogP contribution is -2.64. The molecular weight excluding hydrogens is 787 g/mol. The van der Waals surface area contributed by atoms with Crippen LogP contribution in [0.25, 0.3) is 0 Å². The van der Waals surface area contributed by atoms with E-state index in [4.69, 9.17) is 18.5 Å². The van der Waals surface area contributed by atoms with Gasteiger partial charge >= 0.3 is 13.8 Å². The van der Waals surface area contributed by atoms with E-state index in [1.165, 1.54) is 103 Å². The van der Waals surface area contributed by atoms with E-state index < -0.39 is 63.1 Å². The van der Waals surface area contributed by atoms with Crippen LogP contribution in [0, 0.1) is 0 Å². The van der Waals surface area contributed by atoms with Gasteiger partial charge in [0, 0.05) is 13.0 Å². The van der Waals surface area contributed by atoms with Crippen LogP contribution in [-0.2, 0) is 27.9 Å². The van der Waals surface area contributed by atoms with Gasteiger partial charge in [-0.15, -0.1) is 0 Å². The number of unbranched alkanes of at least 4 members (excludes halogenated alkanes) is 22. The molecule has 0 bridgehead atoms. The highest BCUT2D eigenvalue weighted by Gasteiger charge is 2.51. The Morgan fingerprint density at radius 2 is 0.933 bits per heavy atom. The highest BCUT2D eigenvalue weighted by atomic mass is 31.2. The molecule has 12 nitrogen and oxygen atoms in total. The van der Waals surface area contributed by atoms with Crippen molar-refractivity contribution < 1.29 is 58.3 Å². The SMILES string of the molecule is CCCCCCC/C=C\C/C=C\C/C=C\CCCCCCCCCCCOCC(COP(=O)(O)OC1C(O)C(O)C(O)C(O)C1O)OC(=O)CCCCCCCCCCC. The zero-order valence-corrected chi connectivity index (χ0v) is 38.4. The van der Waals surface area contributed by atoms with E-state index in [1.54, 1.807) is 0 Å². The molecule has 0 heterocycles. The monoisotopic (exact) mass is 875 g/mol. The average molecular weight is 875 g/mol. The van der Waals surface area contributed by atoms with Crippen molar-refractivity contribution in [3.05, 3.63) is 36.5 Å². The molecule has 60 heavy (non-hydrogen) atoms. The zero-order chi connectivity index (χ0) is 44.1. The third-order valence-electron chi connectivity index (χ3n) is 11.0. The smallest absolute Gasteiger partial charge is 0.457 e. The quantitative estimate of drug-likeness (QED) is 0.0148. The van der Waals surface area contributed by atoms with E-state index in [1.807, 2.05) is 0 Å². The van der Waals surface area contributed by atoms with Crippen LogP contribution in [0.15, 0.2) is 36.5 Å². The van der Waals surface area contributed by atoms with Gasteiger partial charge in [-0.2, -0.15) is 0 Å². The van der Waals surface area contributed by atoms with Gasteiger partial charge in [0.2, 0.25) is 0 Å². The van der Waals surface area contributed by atoms with Gasteiger partial charge in [0.1, 0.15) is 42.7 Å². The van der Waals surface area contributed by atoms with Crippen molar-refractivity contribution in [2.24, 2.45) is 0 Å². The van der Waals surface area contributed by atoms with Gasteiger partial charge in [0.15, 0.2) is 0 Å². The van der Waals surface area contributed by atoms with Crippen molar-refractivity contribution in [2.45, 2.75) is 236 Å². The van der Waals surface area contributed by atoms with E-state index in [0.29, 0.717) is 13.0 Å². The van der Waals surface area contributed by atoms with Crippen LogP contribution in [0.3, 0.4) is 0 Å². The van der Waals surface area contributed by atoms with Crippen LogP contribution in [0.5, 0.6) is 0 Å². The molecule has 0 saturated heterocycles. The number of carbonyl (C=O) groups excluding carboxylic acids is 1. The summed E-state index contributed by atoms with van der Waals surface area (Å²) in [5.41, 5.74) is 0. The van der Waals surface area contributed by atoms with Gasteiger partial charge in [-0.3, -0.25) is 13.8 Å². The molecule has 0 spiro atoms. The first-order valence-electron chi connectivity index (χ1n) is 23.8. The summed E-state index contributed by atoms with van der Waals surface area (Å²) in [6.07, 6.45) is 32.3. The number of hydrogen-bond donors (Lipinski definition) is 6. The highest BCUT2D eigenvalue weighted by Crippen LogP contribution is 2.47. The van der Waals surface area contributed by atoms with Crippen molar-refractivity contribution >= 4 is 13.8 Å². The highest BCUT2D eigenvalue weighted by molar-refractivity contribution is 7.47. The summed E-state index contributed by atoms with van der Waals surface area (Å²) in [5, 5.41) is 50.1. The minimum absolute atomic E-state index is 0.0787. The molecule has 0 aromatic carbocycles. The number of aliphatic hydroxyl groups excluding tert-OH is 5. The summed E-state index contributed by atoms with van der Waals surface area (Å²) in [4.78, 5) is 23.1. The third-order valence-corrected chi connectivity index (χ3v) is 12.0. The number of phosphoric ester groups is 1. The Morgan fingerprint density at radius 3 is 1.42 bits per heavy atom. The molecule has 0 aromatic rings. The number of allylic oxidation sites excluding steroid dienone is 6. The Labute approximate surface area is 363 Å². The Hall–Kier alpha value is -1.44. The zero-order valence-electron chi connectivity index (χ0n) is 37.5. The normalized spacial score (nSPS) is 22.6. The summed E-state index contributed by atoms with van der Waals surface area (Å²) < 4.78 is 34.1. The van der Waals surface area contributed by atoms with Crippen LogP contribution < -0.4 is 0 Å². The van der Waals surface area contributed by atoms with Crippen LogP contribution >= 0.6 is 7.82 Å². The number of rotatable bonds is 40. The van der Waals surface area contributed by atoms with Crippen molar-refractivity contribution in [2.75, 3.05) is 19.8 Å². The van der Waals surface area contributed by atoms with E-state index >= 15 is 0 Å². The minimum Gasteiger partial charge on any atom is -0.457 e. The molecule has 1 fully saturated rings. The van der Waals surface area contributed by atoms with Gasteiger partial charge < -0.3 is 39.9 Å². The van der Waals surface area contributed by atoms with E-state index in [2.05, 4.69) is 50.3 Å². The summed E-state index contributed by atoms with van der Waals surface area (Å²) in [5.74, 6) is -0.482. The summed E-state index contributed by atoms with van der Waals surface area (Å²) in [6.45, 7) is 4.21. The fourth-order valence-electron chi connectivity index (χ4n) is 7.19. The molecule has 1 rings (SSSR count). The van der Waals surface area contributed by atoms with Crippen molar-refractivity contribution in [1.29, 1.82) is 0 Å². The van der Waals surface area contributed by atoms with Crippen LogP contribution in [-0.4, -0.2) is 98.9 Å². The van der Waals surface area contributed by atoms with Gasteiger partial charge in [-0.25, -0.2) is 4.57 Å². The van der Waals surface area contributed by atoms with E-state index in [9.17, 15) is 39.8 Å². The number of carbonyl (C=O) groups is 1. The Balaban J connectivity index is 2.29. The summed E-state index contributed by atoms with van der Waals surface area (Å²) in [6, 6.07) is 0. The van der Waals surface area contributed by atoms with Gasteiger partial charge in [0.05, 0.1) is 13.2 Å². The largest absolute Gasteiger partial charge is 0.472 e. The number of ether oxygens (including phenoxy) is 2. The first-order chi connectivity index (χ1) is 29.0. The standard InChI is InChI=1S/C47H87O12P/c1-3-5-7-9-11-13-14-15-16-17-18-19-20-21-22-23-24-25-26-27-29-31-33-35-37-56-38-40(58-41(48)36-34-32-30-28-12-10-8-6-4-2)39-57-60(54,55)59-47-45(52)43(50)42(49)44(51)46(47)53/h14-15,17-18,20-21,40,42-47,49-53H,3-13,16,19,22-39H2,1-2H3,(H,54,55)/b15-14-,18-17-,21-20-. The molecule has 0 aromatic heterocycles. The molecule has 1 saturated carbocycles. The second kappa shape index (κ2) is 38.1. The molecule has 0 amide bonds. The Morgan fingerprint density at radius 1 is 0.533 bits per heavy atom. The number of phosphoric acid groups is 1. The van der Waals surface area contributed by atoms with Gasteiger partial charge in [-0.05, 0) is 51.4 Å². The Bertz CT molecular complexity index is 1130. The van der Waals surface area contributed by atoms with Crippen molar-refractivity contribution in [3.63, 3.8) is 0 Å². The topological polar surface area (TPSA) is 192 Å². The van der Waals surface area contributed by atoms with Crippen LogP contribution in [0.1, 0.15) is 194 Å². The summed E-state index contributed by atoms with van der Waals surface area (Å²) >= 11 is 0. The molecule has 13 heteroatoms. The predicted octanol–water partition coefficient (Wildman–Crippen LogP) is 9.87. The van der Waals surface area contributed by atoms with E-state index in [0.717, 1.165) is 64.2 Å². The first kappa shape index (κ1) is 56.6. The molecule has 6 unspecified atom stereocenters. The van der Waals surface area contributed by atoms with Crippen LogP contribution in [0.2, 0.25) is 0 Å². The number of esters is 1. The number of aliphatic hydroxyl groups is 5. The first-order valence-corrected chi connectivity index (χ1v) is 25.3. The Kier molecular flexibility index (Phi) is 35.9. The maximum atomic E-state index is 12.8. The fourth-order valence-corrected chi connectivity index (χ4v) is 8.16. The maximum Gasteiger partial charge on any atom is 0.472 e. The number of hydrogen-bond acceptors (Lipinski definition) is 11. The summed E-state index contributed by atoms with van der Waals surface area (Å²) in [7, 11) is -5.01. The maximum absolute atomic E-state index is 12.8. The lowest BCUT2D eigenvalue weighted by atomic mass is 9.85. The second-order valence-corrected chi connectivity index (χ2v) is 18.0. The molecule has 352 valence electrons. The van der Waals surface area contributed by atoms with E-state index in [-0.39, 0.29) is 13.0 Å². The fraction of sp³-hybridized carbons (Fsp3) is 0.851. The molecule has 1 aliphatic carbocycles. The van der Waals surface area contributed by atoms with Crippen LogP contribution in [0.4, 0.5) is 0 Å². The molecule has 0 aliphatic heterocycles. The second-order valence-electron chi connectivity index (χ2n) is 16.6. The molecule has 6 N–H and O–H groups in total. The van der Waals surface area contributed by atoms with Gasteiger partial charge in [0.25, 0.3) is 0 Å². The molecule has 6 atom stereocenters. The lowest BCUT2D eigenvalue weighted by molar-refractivity contribution is -0.220. The molecular formula is C47H87O12P. The van der Waals surface area contributed by atoms with Crippen molar-refractivity contribution in [1.82, 2.24) is 0 Å². The minimum atomic E-state index is -5.01. The van der Waals surface area contributed by atoms with Gasteiger partial charge in [-0.1, -0.05) is 172 Å². The molecule has 0 radical (unpaired) electrons. The average Bonchev–Trinajstić information content (AvgIpc) is 3.23. The third kappa shape index (κ3) is 29.8. The predicted molar refractivity (Wildman–Crippen MR) is 239 cm³/mol. The van der Waals surface area contributed by atoms with Crippen molar-refractivity contribution in [3.8, 4) is 0 Å².